The molecular weight excluding hydrogens is 266 g/mol. The first-order valence-electron chi connectivity index (χ1n) is 7.52. The summed E-state index contributed by atoms with van der Waals surface area (Å²) in [4.78, 5) is 12.1. The normalized spacial score (nSPS) is 53.4. The summed E-state index contributed by atoms with van der Waals surface area (Å²) in [5.74, 6) is 1.44. The van der Waals surface area contributed by atoms with E-state index >= 15 is 0 Å². The number of rotatable bonds is 3. The second-order valence-corrected chi connectivity index (χ2v) is 8.28. The van der Waals surface area contributed by atoms with Crippen molar-refractivity contribution in [3.8, 4) is 0 Å². The van der Waals surface area contributed by atoms with E-state index in [0.717, 1.165) is 29.9 Å². The van der Waals surface area contributed by atoms with Crippen LogP contribution in [0.15, 0.2) is 30.3 Å². The van der Waals surface area contributed by atoms with Crippen LogP contribution in [0.5, 0.6) is 0 Å². The predicted molar refractivity (Wildman–Crippen MR) is 80.3 cm³/mol. The van der Waals surface area contributed by atoms with Gasteiger partial charge in [-0.15, -0.1) is 0 Å². The summed E-state index contributed by atoms with van der Waals surface area (Å²) in [5, 5.41) is 0.777. The molecule has 20 heavy (non-hydrogen) atoms. The standard InChI is InChI=1S/C17H19NOS/c1-20-13-11-7-15(10-5-3-2-4-6-10)9-16(14(18)19)8-12(13)17(11,15)16/h2-6,11-13H,7-9H2,1H3,(H2,18,19). The van der Waals surface area contributed by atoms with Crippen LogP contribution < -0.4 is 5.73 Å². The number of thioether (sulfide) groups is 1. The van der Waals surface area contributed by atoms with Crippen molar-refractivity contribution in [2.75, 3.05) is 6.26 Å². The molecule has 5 rings (SSSR count). The van der Waals surface area contributed by atoms with Crippen molar-refractivity contribution < 1.29 is 4.79 Å². The molecule has 104 valence electrons. The fourth-order valence-electron chi connectivity index (χ4n) is 6.99. The van der Waals surface area contributed by atoms with E-state index in [2.05, 4.69) is 36.6 Å². The van der Waals surface area contributed by atoms with Gasteiger partial charge in [0.1, 0.15) is 0 Å². The van der Waals surface area contributed by atoms with Crippen molar-refractivity contribution in [3.05, 3.63) is 35.9 Å². The second kappa shape index (κ2) is 3.11. The average molecular weight is 285 g/mol. The number of amides is 1. The Labute approximate surface area is 123 Å². The Bertz CT molecular complexity index is 623. The molecule has 6 atom stereocenters. The molecule has 4 aliphatic rings. The average Bonchev–Trinajstić information content (AvgIpc) is 2.37. The van der Waals surface area contributed by atoms with E-state index in [1.54, 1.807) is 0 Å². The lowest BCUT2D eigenvalue weighted by Crippen LogP contribution is -2.97. The Morgan fingerprint density at radius 3 is 2.55 bits per heavy atom. The topological polar surface area (TPSA) is 43.1 Å². The fourth-order valence-corrected chi connectivity index (χ4v) is 8.27. The SMILES string of the molecule is CSC1C2CC3(C(N)=O)CC4(c5ccccc5)CC1C234. The number of carbonyl (C=O) groups excluding carboxylic acids is 1. The van der Waals surface area contributed by atoms with E-state index < -0.39 is 0 Å². The first-order valence-corrected chi connectivity index (χ1v) is 8.81. The van der Waals surface area contributed by atoms with Gasteiger partial charge in [0.2, 0.25) is 5.91 Å². The summed E-state index contributed by atoms with van der Waals surface area (Å²) in [6, 6.07) is 10.9. The molecule has 0 aromatic heterocycles. The molecule has 4 aliphatic carbocycles. The Morgan fingerprint density at radius 1 is 1.25 bits per heavy atom. The van der Waals surface area contributed by atoms with Crippen LogP contribution in [0.3, 0.4) is 0 Å². The minimum absolute atomic E-state index is 0.0236. The van der Waals surface area contributed by atoms with Gasteiger partial charge in [0.15, 0.2) is 0 Å². The zero-order valence-corrected chi connectivity index (χ0v) is 12.5. The zero-order valence-electron chi connectivity index (χ0n) is 11.6. The van der Waals surface area contributed by atoms with Crippen LogP contribution >= 0.6 is 11.8 Å². The molecule has 0 saturated heterocycles. The van der Waals surface area contributed by atoms with Gasteiger partial charge in [-0.1, -0.05) is 30.3 Å². The lowest BCUT2D eigenvalue weighted by atomic mass is 9.07. The van der Waals surface area contributed by atoms with Crippen molar-refractivity contribution in [1.82, 2.24) is 0 Å². The zero-order chi connectivity index (χ0) is 13.8. The van der Waals surface area contributed by atoms with Crippen LogP contribution in [0, 0.1) is 22.7 Å². The fraction of sp³-hybridized carbons (Fsp3) is 0.588. The van der Waals surface area contributed by atoms with Crippen LogP contribution in [0.4, 0.5) is 0 Å². The third-order valence-corrected chi connectivity index (χ3v) is 8.56. The van der Waals surface area contributed by atoms with Crippen LogP contribution in [0.25, 0.3) is 0 Å². The third-order valence-electron chi connectivity index (χ3n) is 7.36. The molecule has 1 spiro atoms. The van der Waals surface area contributed by atoms with Gasteiger partial charge in [-0.05, 0) is 42.9 Å². The molecule has 2 nitrogen and oxygen atoms in total. The van der Waals surface area contributed by atoms with Gasteiger partial charge in [-0.25, -0.2) is 0 Å². The minimum Gasteiger partial charge on any atom is -0.369 e. The monoisotopic (exact) mass is 285 g/mol. The lowest BCUT2D eigenvalue weighted by Gasteiger charge is -2.96. The number of benzene rings is 1. The number of nitrogens with two attached hydrogens (primary N) is 1. The highest BCUT2D eigenvalue weighted by Gasteiger charge is 2.97. The maximum Gasteiger partial charge on any atom is 0.224 e. The Hall–Kier alpha value is -0.960. The second-order valence-electron chi connectivity index (χ2n) is 7.26. The third kappa shape index (κ3) is 0.779. The molecule has 4 fully saturated rings. The Balaban J connectivity index is 1.62. The van der Waals surface area contributed by atoms with Gasteiger partial charge in [-0.2, -0.15) is 11.8 Å². The summed E-state index contributed by atoms with van der Waals surface area (Å²) < 4.78 is 0. The van der Waals surface area contributed by atoms with Gasteiger partial charge in [0.05, 0.1) is 5.41 Å². The Kier molecular flexibility index (Phi) is 1.82. The van der Waals surface area contributed by atoms with E-state index in [-0.39, 0.29) is 22.2 Å². The molecule has 1 amide bonds. The molecule has 3 heteroatoms. The van der Waals surface area contributed by atoms with Gasteiger partial charge in [0.25, 0.3) is 0 Å². The molecule has 1 aromatic carbocycles. The predicted octanol–water partition coefficient (Wildman–Crippen LogP) is 2.57. The van der Waals surface area contributed by atoms with Crippen LogP contribution in [-0.4, -0.2) is 17.4 Å². The van der Waals surface area contributed by atoms with E-state index in [1.165, 1.54) is 12.0 Å². The van der Waals surface area contributed by atoms with Crippen molar-refractivity contribution in [1.29, 1.82) is 0 Å². The van der Waals surface area contributed by atoms with E-state index in [4.69, 9.17) is 5.73 Å². The van der Waals surface area contributed by atoms with Crippen LogP contribution in [0.2, 0.25) is 0 Å². The first-order chi connectivity index (χ1) is 9.64. The van der Waals surface area contributed by atoms with Crippen molar-refractivity contribution in [2.24, 2.45) is 28.4 Å². The largest absolute Gasteiger partial charge is 0.369 e. The molecule has 0 bridgehead atoms. The number of primary amides is 1. The van der Waals surface area contributed by atoms with Gasteiger partial charge >= 0.3 is 0 Å². The van der Waals surface area contributed by atoms with Gasteiger partial charge < -0.3 is 5.73 Å². The van der Waals surface area contributed by atoms with Crippen LogP contribution in [0.1, 0.15) is 24.8 Å². The molecule has 0 heterocycles. The maximum absolute atomic E-state index is 12.1. The maximum atomic E-state index is 12.1. The number of carbonyl (C=O) groups is 1. The van der Waals surface area contributed by atoms with Gasteiger partial charge in [-0.3, -0.25) is 4.79 Å². The van der Waals surface area contributed by atoms with E-state index in [9.17, 15) is 4.79 Å². The van der Waals surface area contributed by atoms with E-state index in [0.29, 0.717) is 0 Å². The molecule has 0 aliphatic heterocycles. The number of hydrogen-bond donors (Lipinski definition) is 1. The highest BCUT2D eigenvalue weighted by atomic mass is 32.2. The van der Waals surface area contributed by atoms with Crippen LogP contribution in [-0.2, 0) is 10.2 Å². The highest BCUT2D eigenvalue weighted by molar-refractivity contribution is 7.99. The summed E-state index contributed by atoms with van der Waals surface area (Å²) in [7, 11) is 0. The van der Waals surface area contributed by atoms with E-state index in [1.807, 2.05) is 11.8 Å². The van der Waals surface area contributed by atoms with Gasteiger partial charge in [0, 0.05) is 16.1 Å². The first kappa shape index (κ1) is 11.7. The summed E-state index contributed by atoms with van der Waals surface area (Å²) in [6.45, 7) is 0. The van der Waals surface area contributed by atoms with Crippen molar-refractivity contribution >= 4 is 17.7 Å². The summed E-state index contributed by atoms with van der Waals surface area (Å²) in [5.41, 5.74) is 7.65. The molecule has 2 N–H and O–H groups in total. The smallest absolute Gasteiger partial charge is 0.224 e. The van der Waals surface area contributed by atoms with Crippen molar-refractivity contribution in [2.45, 2.75) is 29.9 Å². The molecule has 6 unspecified atom stereocenters. The summed E-state index contributed by atoms with van der Waals surface area (Å²) >= 11 is 2.01. The number of hydrogen-bond acceptors (Lipinski definition) is 2. The molecule has 4 saturated carbocycles. The molecular formula is C17H19NOS. The minimum atomic E-state index is -0.150. The summed E-state index contributed by atoms with van der Waals surface area (Å²) in [6.07, 6.45) is 5.56. The quantitative estimate of drug-likeness (QED) is 0.927. The molecule has 1 aromatic rings. The lowest BCUT2D eigenvalue weighted by molar-refractivity contribution is -0.424. The molecule has 0 radical (unpaired) electrons. The van der Waals surface area contributed by atoms with Crippen molar-refractivity contribution in [3.63, 3.8) is 0 Å². The Morgan fingerprint density at radius 2 is 1.95 bits per heavy atom. The highest BCUT2D eigenvalue weighted by Crippen LogP contribution is 2.98.